The molecule has 2 aromatic rings. The number of thiazole rings is 1. The van der Waals surface area contributed by atoms with Crippen molar-refractivity contribution in [3.8, 4) is 0 Å². The first-order chi connectivity index (χ1) is 10.6. The molecule has 1 aliphatic heterocycles. The lowest BCUT2D eigenvalue weighted by Gasteiger charge is -2.20. The molecule has 4 nitrogen and oxygen atoms in total. The van der Waals surface area contributed by atoms with E-state index >= 15 is 0 Å². The largest absolute Gasteiger partial charge is 0.317 e. The molecule has 1 aromatic heterocycles. The van der Waals surface area contributed by atoms with Crippen LogP contribution in [0.5, 0.6) is 0 Å². The van der Waals surface area contributed by atoms with Gasteiger partial charge < -0.3 is 5.32 Å². The summed E-state index contributed by atoms with van der Waals surface area (Å²) in [6.07, 6.45) is 3.97. The summed E-state index contributed by atoms with van der Waals surface area (Å²) >= 11 is 4.71. The molecule has 0 aliphatic carbocycles. The number of piperidine rings is 1. The quantitative estimate of drug-likeness (QED) is 0.847. The number of nitrogens with zero attached hydrogens (tertiary/aromatic N) is 1. The molecular formula is C15H15BrFN3OS. The third-order valence-corrected chi connectivity index (χ3v) is 5.23. The molecule has 1 fully saturated rings. The fourth-order valence-electron chi connectivity index (χ4n) is 2.48. The second-order valence-electron chi connectivity index (χ2n) is 5.17. The molecule has 22 heavy (non-hydrogen) atoms. The van der Waals surface area contributed by atoms with Crippen molar-refractivity contribution in [2.75, 3.05) is 18.4 Å². The van der Waals surface area contributed by atoms with Gasteiger partial charge in [-0.2, -0.15) is 0 Å². The third kappa shape index (κ3) is 3.53. The molecular weight excluding hydrogens is 369 g/mol. The summed E-state index contributed by atoms with van der Waals surface area (Å²) in [7, 11) is 0. The number of anilines is 1. The van der Waals surface area contributed by atoms with Gasteiger partial charge in [0.2, 0.25) is 0 Å². The second-order valence-corrected chi connectivity index (χ2v) is 7.15. The Kier molecular flexibility index (Phi) is 4.85. The van der Waals surface area contributed by atoms with Crippen LogP contribution in [-0.4, -0.2) is 24.0 Å². The van der Waals surface area contributed by atoms with Crippen LogP contribution in [0.15, 0.2) is 28.9 Å². The lowest BCUT2D eigenvalue weighted by Crippen LogP contribution is -2.26. The zero-order valence-electron chi connectivity index (χ0n) is 11.7. The number of hydrogen-bond acceptors (Lipinski definition) is 4. The van der Waals surface area contributed by atoms with Crippen molar-refractivity contribution < 1.29 is 9.18 Å². The Bertz CT molecular complexity index is 685. The molecule has 0 unspecified atom stereocenters. The summed E-state index contributed by atoms with van der Waals surface area (Å²) in [6, 6.07) is 4.29. The minimum Gasteiger partial charge on any atom is -0.317 e. The lowest BCUT2D eigenvalue weighted by molar-refractivity contribution is 0.102. The highest BCUT2D eigenvalue weighted by Crippen LogP contribution is 2.32. The van der Waals surface area contributed by atoms with Gasteiger partial charge in [0, 0.05) is 15.5 Å². The number of amides is 1. The first-order valence-electron chi connectivity index (χ1n) is 7.06. The summed E-state index contributed by atoms with van der Waals surface area (Å²) < 4.78 is 14.4. The van der Waals surface area contributed by atoms with Crippen molar-refractivity contribution >= 4 is 38.3 Å². The number of nitrogens with one attached hydrogen (secondary N) is 2. The molecule has 1 aromatic carbocycles. The fourth-order valence-corrected chi connectivity index (χ4v) is 3.82. The maximum absolute atomic E-state index is 13.7. The number of carbonyl (C=O) groups is 1. The van der Waals surface area contributed by atoms with Gasteiger partial charge in [0.15, 0.2) is 5.13 Å². The van der Waals surface area contributed by atoms with Crippen molar-refractivity contribution in [3.63, 3.8) is 0 Å². The molecule has 0 radical (unpaired) electrons. The van der Waals surface area contributed by atoms with Gasteiger partial charge in [-0.3, -0.25) is 10.1 Å². The molecule has 1 amide bonds. The van der Waals surface area contributed by atoms with Crippen LogP contribution in [-0.2, 0) is 0 Å². The van der Waals surface area contributed by atoms with Crippen LogP contribution in [0.4, 0.5) is 9.52 Å². The Hall–Kier alpha value is -1.31. The number of halogens is 2. The Labute approximate surface area is 140 Å². The number of rotatable bonds is 3. The van der Waals surface area contributed by atoms with Gasteiger partial charge in [0.1, 0.15) is 5.82 Å². The summed E-state index contributed by atoms with van der Waals surface area (Å²) in [6.45, 7) is 2.01. The van der Waals surface area contributed by atoms with Gasteiger partial charge in [-0.05, 0) is 50.0 Å². The van der Waals surface area contributed by atoms with E-state index in [1.807, 2.05) is 6.20 Å². The average molecular weight is 384 g/mol. The molecule has 1 saturated heterocycles. The monoisotopic (exact) mass is 383 g/mol. The smallest absolute Gasteiger partial charge is 0.260 e. The van der Waals surface area contributed by atoms with Gasteiger partial charge in [-0.1, -0.05) is 15.9 Å². The number of carbonyl (C=O) groups excluding carboxylic acids is 1. The summed E-state index contributed by atoms with van der Waals surface area (Å²) in [5.41, 5.74) is 0.00740. The molecule has 7 heteroatoms. The highest BCUT2D eigenvalue weighted by atomic mass is 79.9. The Morgan fingerprint density at radius 2 is 2.18 bits per heavy atom. The van der Waals surface area contributed by atoms with Gasteiger partial charge in [0.05, 0.1) is 5.56 Å². The molecule has 0 bridgehead atoms. The molecule has 0 atom stereocenters. The van der Waals surface area contributed by atoms with Crippen LogP contribution in [0.3, 0.4) is 0 Å². The van der Waals surface area contributed by atoms with Crippen LogP contribution >= 0.6 is 27.3 Å². The van der Waals surface area contributed by atoms with E-state index in [-0.39, 0.29) is 5.56 Å². The highest BCUT2D eigenvalue weighted by Gasteiger charge is 2.19. The molecule has 3 rings (SSSR count). The standard InChI is InChI=1S/C15H15BrFN3OS/c16-10-1-2-12(17)11(7-10)14(21)20-15-19-8-13(22-15)9-3-5-18-6-4-9/h1-2,7-9,18H,3-6H2,(H,19,20,21). The van der Waals surface area contributed by atoms with Crippen molar-refractivity contribution in [1.82, 2.24) is 10.3 Å². The van der Waals surface area contributed by atoms with Gasteiger partial charge in [-0.15, -0.1) is 11.3 Å². The zero-order chi connectivity index (χ0) is 15.5. The SMILES string of the molecule is O=C(Nc1ncc(C2CCNCC2)s1)c1cc(Br)ccc1F. The highest BCUT2D eigenvalue weighted by molar-refractivity contribution is 9.10. The van der Waals surface area contributed by atoms with E-state index in [9.17, 15) is 9.18 Å². The van der Waals surface area contributed by atoms with E-state index in [4.69, 9.17) is 0 Å². The molecule has 2 heterocycles. The maximum atomic E-state index is 13.7. The normalized spacial score (nSPS) is 15.7. The second kappa shape index (κ2) is 6.85. The molecule has 116 valence electrons. The number of hydrogen-bond donors (Lipinski definition) is 2. The minimum absolute atomic E-state index is 0.00740. The van der Waals surface area contributed by atoms with Crippen molar-refractivity contribution in [1.29, 1.82) is 0 Å². The van der Waals surface area contributed by atoms with Crippen molar-refractivity contribution in [2.24, 2.45) is 0 Å². The Morgan fingerprint density at radius 3 is 2.95 bits per heavy atom. The molecule has 1 aliphatic rings. The molecule has 0 saturated carbocycles. The fraction of sp³-hybridized carbons (Fsp3) is 0.333. The summed E-state index contributed by atoms with van der Waals surface area (Å²) in [5, 5.41) is 6.51. The summed E-state index contributed by atoms with van der Waals surface area (Å²) in [4.78, 5) is 17.6. The van der Waals surface area contributed by atoms with Crippen LogP contribution in [0, 0.1) is 5.82 Å². The maximum Gasteiger partial charge on any atom is 0.260 e. The summed E-state index contributed by atoms with van der Waals surface area (Å²) in [5.74, 6) is -0.534. The van der Waals surface area contributed by atoms with Gasteiger partial charge in [0.25, 0.3) is 5.91 Å². The molecule has 0 spiro atoms. The number of aromatic nitrogens is 1. The first kappa shape index (κ1) is 15.6. The van der Waals surface area contributed by atoms with E-state index in [2.05, 4.69) is 31.5 Å². The lowest BCUT2D eigenvalue weighted by atomic mass is 9.97. The van der Waals surface area contributed by atoms with Crippen LogP contribution in [0.25, 0.3) is 0 Å². The van der Waals surface area contributed by atoms with E-state index < -0.39 is 11.7 Å². The predicted molar refractivity (Wildman–Crippen MR) is 89.0 cm³/mol. The van der Waals surface area contributed by atoms with Crippen molar-refractivity contribution in [3.05, 3.63) is 45.1 Å². The first-order valence-corrected chi connectivity index (χ1v) is 8.67. The Balaban J connectivity index is 1.71. The Morgan fingerprint density at radius 1 is 1.41 bits per heavy atom. The van der Waals surface area contributed by atoms with Crippen molar-refractivity contribution in [2.45, 2.75) is 18.8 Å². The third-order valence-electron chi connectivity index (χ3n) is 3.66. The van der Waals surface area contributed by atoms with Gasteiger partial charge in [-0.25, -0.2) is 9.37 Å². The van der Waals surface area contributed by atoms with E-state index in [0.717, 1.165) is 25.9 Å². The van der Waals surface area contributed by atoms with Gasteiger partial charge >= 0.3 is 0 Å². The minimum atomic E-state index is -0.546. The van der Waals surface area contributed by atoms with Crippen LogP contribution in [0.1, 0.15) is 34.0 Å². The van der Waals surface area contributed by atoms with E-state index in [1.165, 1.54) is 28.3 Å². The van der Waals surface area contributed by atoms with Crippen LogP contribution < -0.4 is 10.6 Å². The average Bonchev–Trinajstić information content (AvgIpc) is 2.99. The van der Waals surface area contributed by atoms with Crippen LogP contribution in [0.2, 0.25) is 0 Å². The van der Waals surface area contributed by atoms with E-state index in [1.54, 1.807) is 6.07 Å². The zero-order valence-corrected chi connectivity index (χ0v) is 14.1. The predicted octanol–water partition coefficient (Wildman–Crippen LogP) is 3.76. The topological polar surface area (TPSA) is 54.0 Å². The number of benzene rings is 1. The molecule has 2 N–H and O–H groups in total. The van der Waals surface area contributed by atoms with E-state index in [0.29, 0.717) is 15.5 Å².